The van der Waals surface area contributed by atoms with Gasteiger partial charge in [0.2, 0.25) is 0 Å². The van der Waals surface area contributed by atoms with Gasteiger partial charge < -0.3 is 5.73 Å². The van der Waals surface area contributed by atoms with E-state index in [0.29, 0.717) is 6.04 Å². The molecule has 2 N–H and O–H groups in total. The predicted octanol–water partition coefficient (Wildman–Crippen LogP) is 2.41. The van der Waals surface area contributed by atoms with Gasteiger partial charge in [-0.25, -0.2) is 0 Å². The van der Waals surface area contributed by atoms with E-state index in [0.717, 1.165) is 13.0 Å². The van der Waals surface area contributed by atoms with Crippen LogP contribution in [0, 0.1) is 0 Å². The van der Waals surface area contributed by atoms with Gasteiger partial charge in [-0.05, 0) is 44.0 Å². The smallest absolute Gasteiger partial charge is 0.0259 e. The number of hydrogen-bond donors (Lipinski definition) is 1. The average molecular weight is 283 g/mol. The van der Waals surface area contributed by atoms with Gasteiger partial charge in [0.25, 0.3) is 0 Å². The molecule has 1 aromatic carbocycles. The normalized spacial score (nSPS) is 18.9. The van der Waals surface area contributed by atoms with Crippen molar-refractivity contribution in [1.82, 2.24) is 4.90 Å². The van der Waals surface area contributed by atoms with Crippen LogP contribution in [-0.4, -0.2) is 30.6 Å². The van der Waals surface area contributed by atoms with Crippen LogP contribution in [0.4, 0.5) is 0 Å². The Morgan fingerprint density at radius 1 is 1.25 bits per heavy atom. The first-order valence-corrected chi connectivity index (χ1v) is 6.78. The minimum Gasteiger partial charge on any atom is -0.329 e. The topological polar surface area (TPSA) is 29.3 Å². The van der Waals surface area contributed by atoms with E-state index in [9.17, 15) is 0 Å². The second-order valence-electron chi connectivity index (χ2n) is 4.43. The molecule has 2 rings (SSSR count). The van der Waals surface area contributed by atoms with Crippen LogP contribution in [0.3, 0.4) is 0 Å². The highest BCUT2D eigenvalue weighted by atomic mass is 79.9. The van der Waals surface area contributed by atoms with Gasteiger partial charge in [0.1, 0.15) is 0 Å². The summed E-state index contributed by atoms with van der Waals surface area (Å²) in [5.74, 6) is 0. The van der Waals surface area contributed by atoms with Gasteiger partial charge >= 0.3 is 0 Å². The molecule has 0 aromatic heterocycles. The Bertz CT molecular complexity index is 334. The quantitative estimate of drug-likeness (QED) is 0.919. The van der Waals surface area contributed by atoms with Crippen molar-refractivity contribution >= 4 is 15.9 Å². The lowest BCUT2D eigenvalue weighted by atomic mass is 10.1. The molecular weight excluding hydrogens is 264 g/mol. The molecule has 1 unspecified atom stereocenters. The molecule has 1 saturated heterocycles. The van der Waals surface area contributed by atoms with Crippen LogP contribution in [0.25, 0.3) is 0 Å². The maximum Gasteiger partial charge on any atom is 0.0259 e. The van der Waals surface area contributed by atoms with Gasteiger partial charge in [0.15, 0.2) is 0 Å². The van der Waals surface area contributed by atoms with Crippen LogP contribution in [0.5, 0.6) is 0 Å². The van der Waals surface area contributed by atoms with Gasteiger partial charge in [-0.3, -0.25) is 4.90 Å². The fourth-order valence-electron chi connectivity index (χ4n) is 2.39. The fourth-order valence-corrected chi connectivity index (χ4v) is 2.83. The Labute approximate surface area is 106 Å². The summed E-state index contributed by atoms with van der Waals surface area (Å²) in [6, 6.07) is 8.94. The molecule has 3 heteroatoms. The third kappa shape index (κ3) is 2.84. The molecular formula is C13H19BrN2. The molecule has 1 fully saturated rings. The van der Waals surface area contributed by atoms with Crippen molar-refractivity contribution in [3.8, 4) is 0 Å². The number of nitrogens with zero attached hydrogens (tertiary/aromatic N) is 1. The maximum absolute atomic E-state index is 5.89. The summed E-state index contributed by atoms with van der Waals surface area (Å²) in [7, 11) is 0. The highest BCUT2D eigenvalue weighted by Crippen LogP contribution is 2.20. The van der Waals surface area contributed by atoms with Crippen LogP contribution in [0.1, 0.15) is 18.4 Å². The first-order valence-electron chi connectivity index (χ1n) is 5.99. The lowest BCUT2D eigenvalue weighted by molar-refractivity contribution is 0.246. The standard InChI is InChI=1S/C13H19BrN2/c14-13-6-2-1-5-11(13)9-12(10-15)16-7-3-4-8-16/h1-2,5-6,12H,3-4,7-10,15H2. The highest BCUT2D eigenvalue weighted by Gasteiger charge is 2.21. The Hall–Kier alpha value is -0.380. The monoisotopic (exact) mass is 282 g/mol. The summed E-state index contributed by atoms with van der Waals surface area (Å²) >= 11 is 3.60. The Balaban J connectivity index is 2.03. The second-order valence-corrected chi connectivity index (χ2v) is 5.28. The van der Waals surface area contributed by atoms with Crippen molar-refractivity contribution in [3.63, 3.8) is 0 Å². The Morgan fingerprint density at radius 3 is 2.56 bits per heavy atom. The summed E-state index contributed by atoms with van der Waals surface area (Å²) in [6.45, 7) is 3.18. The predicted molar refractivity (Wildman–Crippen MR) is 71.5 cm³/mol. The van der Waals surface area contributed by atoms with E-state index in [1.165, 1.54) is 36.0 Å². The minimum absolute atomic E-state index is 0.501. The van der Waals surface area contributed by atoms with Crippen molar-refractivity contribution in [2.24, 2.45) is 5.73 Å². The molecule has 88 valence electrons. The third-order valence-electron chi connectivity index (χ3n) is 3.34. The van der Waals surface area contributed by atoms with Crippen LogP contribution in [0.15, 0.2) is 28.7 Å². The number of benzene rings is 1. The minimum atomic E-state index is 0.501. The summed E-state index contributed by atoms with van der Waals surface area (Å²) in [6.07, 6.45) is 3.71. The lowest BCUT2D eigenvalue weighted by Crippen LogP contribution is -2.40. The van der Waals surface area contributed by atoms with Gasteiger partial charge in [-0.2, -0.15) is 0 Å². The maximum atomic E-state index is 5.89. The molecule has 0 bridgehead atoms. The zero-order chi connectivity index (χ0) is 11.4. The van der Waals surface area contributed by atoms with Crippen LogP contribution in [0.2, 0.25) is 0 Å². The van der Waals surface area contributed by atoms with Crippen LogP contribution < -0.4 is 5.73 Å². The van der Waals surface area contributed by atoms with Crippen molar-refractivity contribution in [3.05, 3.63) is 34.3 Å². The number of nitrogens with two attached hydrogens (primary N) is 1. The van der Waals surface area contributed by atoms with E-state index in [-0.39, 0.29) is 0 Å². The van der Waals surface area contributed by atoms with Crippen molar-refractivity contribution in [1.29, 1.82) is 0 Å². The highest BCUT2D eigenvalue weighted by molar-refractivity contribution is 9.10. The summed E-state index contributed by atoms with van der Waals surface area (Å²) in [5, 5.41) is 0. The van der Waals surface area contributed by atoms with E-state index < -0.39 is 0 Å². The van der Waals surface area contributed by atoms with Crippen molar-refractivity contribution in [2.45, 2.75) is 25.3 Å². The summed E-state index contributed by atoms with van der Waals surface area (Å²) in [4.78, 5) is 2.53. The van der Waals surface area contributed by atoms with E-state index in [1.54, 1.807) is 0 Å². The molecule has 0 spiro atoms. The molecule has 2 nitrogen and oxygen atoms in total. The zero-order valence-corrected chi connectivity index (χ0v) is 11.1. The molecule has 1 heterocycles. The summed E-state index contributed by atoms with van der Waals surface area (Å²) < 4.78 is 1.20. The van der Waals surface area contributed by atoms with E-state index in [4.69, 9.17) is 5.73 Å². The van der Waals surface area contributed by atoms with Gasteiger partial charge in [-0.15, -0.1) is 0 Å². The van der Waals surface area contributed by atoms with Gasteiger partial charge in [0.05, 0.1) is 0 Å². The average Bonchev–Trinajstić information content (AvgIpc) is 2.81. The Kier molecular flexibility index (Phi) is 4.38. The van der Waals surface area contributed by atoms with E-state index >= 15 is 0 Å². The lowest BCUT2D eigenvalue weighted by Gasteiger charge is -2.26. The second kappa shape index (κ2) is 5.80. The number of halogens is 1. The number of likely N-dealkylation sites (tertiary alicyclic amines) is 1. The molecule has 0 aliphatic carbocycles. The van der Waals surface area contributed by atoms with Gasteiger partial charge in [0, 0.05) is 17.1 Å². The first kappa shape index (κ1) is 12.1. The van der Waals surface area contributed by atoms with Crippen LogP contribution >= 0.6 is 15.9 Å². The SMILES string of the molecule is NCC(Cc1ccccc1Br)N1CCCC1. The van der Waals surface area contributed by atoms with E-state index in [2.05, 4.69) is 45.1 Å². The first-order chi connectivity index (χ1) is 7.81. The molecule has 16 heavy (non-hydrogen) atoms. The molecule has 1 aromatic rings. The third-order valence-corrected chi connectivity index (χ3v) is 4.12. The van der Waals surface area contributed by atoms with Gasteiger partial charge in [-0.1, -0.05) is 34.1 Å². The van der Waals surface area contributed by atoms with E-state index in [1.807, 2.05) is 0 Å². The fraction of sp³-hybridized carbons (Fsp3) is 0.538. The molecule has 0 amide bonds. The molecule has 1 aliphatic rings. The number of hydrogen-bond acceptors (Lipinski definition) is 2. The summed E-state index contributed by atoms with van der Waals surface area (Å²) in [5.41, 5.74) is 7.26. The molecule has 1 atom stereocenters. The molecule has 1 aliphatic heterocycles. The van der Waals surface area contributed by atoms with Crippen molar-refractivity contribution < 1.29 is 0 Å². The largest absolute Gasteiger partial charge is 0.329 e. The molecule has 0 saturated carbocycles. The Morgan fingerprint density at radius 2 is 1.94 bits per heavy atom. The molecule has 0 radical (unpaired) electrons. The van der Waals surface area contributed by atoms with Crippen LogP contribution in [-0.2, 0) is 6.42 Å². The van der Waals surface area contributed by atoms with Crippen molar-refractivity contribution in [2.75, 3.05) is 19.6 Å². The zero-order valence-electron chi connectivity index (χ0n) is 9.53. The number of rotatable bonds is 4.